The van der Waals surface area contributed by atoms with Crippen LogP contribution in [0.25, 0.3) is 66.1 Å². The number of hydrogen-bond acceptors (Lipinski definition) is 0. The van der Waals surface area contributed by atoms with Gasteiger partial charge in [0.15, 0.2) is 0 Å². The van der Waals surface area contributed by atoms with Gasteiger partial charge < -0.3 is 9.13 Å². The molecule has 71 heavy (non-hydrogen) atoms. The molecule has 0 N–H and O–H groups in total. The lowest BCUT2D eigenvalue weighted by atomic mass is 9.67. The van der Waals surface area contributed by atoms with Crippen LogP contribution in [0.3, 0.4) is 0 Å². The average Bonchev–Trinajstić information content (AvgIpc) is 3.98. The van der Waals surface area contributed by atoms with Crippen molar-refractivity contribution in [3.8, 4) is 22.5 Å². The number of fused-ring (bicyclic) bond motifs is 9. The maximum absolute atomic E-state index is 2.59. The van der Waals surface area contributed by atoms with E-state index in [-0.39, 0.29) is 0 Å². The van der Waals surface area contributed by atoms with Gasteiger partial charge in [-0.2, -0.15) is 0 Å². The van der Waals surface area contributed by atoms with E-state index < -0.39 is 21.6 Å². The predicted octanol–water partition coefficient (Wildman–Crippen LogP) is 18.0. The van der Waals surface area contributed by atoms with Gasteiger partial charge >= 0.3 is 0 Å². The molecule has 0 spiro atoms. The van der Waals surface area contributed by atoms with Gasteiger partial charge in [0.1, 0.15) is 0 Å². The molecule has 8 aromatic carbocycles. The second-order valence-electron chi connectivity index (χ2n) is 22.9. The van der Waals surface area contributed by atoms with Crippen LogP contribution in [-0.4, -0.2) is 25.3 Å². The van der Waals surface area contributed by atoms with Crippen molar-refractivity contribution in [2.75, 3.05) is 0 Å². The van der Waals surface area contributed by atoms with Gasteiger partial charge in [0.2, 0.25) is 0 Å². The summed E-state index contributed by atoms with van der Waals surface area (Å²) in [5.74, 6) is 0. The lowest BCUT2D eigenvalue weighted by molar-refractivity contribution is 0.767. The summed E-state index contributed by atoms with van der Waals surface area (Å²) in [6, 6.07) is 70.6. The van der Waals surface area contributed by atoms with E-state index in [1.807, 2.05) is 0 Å². The third-order valence-corrected chi connectivity index (χ3v) is 32.2. The van der Waals surface area contributed by atoms with Crippen LogP contribution in [0.15, 0.2) is 182 Å². The Morgan fingerprint density at radius 2 is 0.620 bits per heavy atom. The SMILES string of the molecule is CC(C)[Si](c1ccc2c(c1)c1ccccc1n2-c1ccc(C2(c3ccc(-n4c5ccccc5c5cc([Si](C(C)C)(C(C)C)C(C)C)ccc54)cc3)c3ccccc3-c3ccccc32)cc1)(C(C)C)C(C)C. The van der Waals surface area contributed by atoms with Crippen LogP contribution in [0.4, 0.5) is 0 Å². The van der Waals surface area contributed by atoms with Crippen molar-refractivity contribution in [3.05, 3.63) is 204 Å². The highest BCUT2D eigenvalue weighted by Crippen LogP contribution is 2.56. The lowest BCUT2D eigenvalue weighted by Gasteiger charge is -2.43. The molecular weight excluding hydrogens is 889 g/mol. The standard InChI is InChI=1S/C67H72N2Si2/c1-43(2)70(44(3)4,45(5)6)53-37-39-65-59(41-53)57-23-15-19-27-63(57)68(65)51-33-29-49(30-34-51)67(61-25-17-13-21-55(61)56-22-14-18-26-62(56)67)50-31-35-52(36-32-50)69-64-28-20-16-24-58(64)60-42-54(38-40-66(60)69)71(46(7)8,47(9)10)48(11)12/h13-48H,1-12H3. The molecule has 10 aromatic rings. The summed E-state index contributed by atoms with van der Waals surface area (Å²) in [5, 5.41) is 8.54. The number of rotatable bonds is 12. The Labute approximate surface area is 425 Å². The minimum atomic E-state index is -1.87. The van der Waals surface area contributed by atoms with Crippen molar-refractivity contribution in [2.45, 2.75) is 122 Å². The molecule has 0 saturated heterocycles. The van der Waals surface area contributed by atoms with Crippen LogP contribution in [0, 0.1) is 0 Å². The summed E-state index contributed by atoms with van der Waals surface area (Å²) in [7, 11) is -3.74. The molecule has 358 valence electrons. The number of hydrogen-bond donors (Lipinski definition) is 0. The Hall–Kier alpha value is -6.21. The molecule has 1 aliphatic carbocycles. The molecule has 4 heteroatoms. The Bertz CT molecular complexity index is 3330. The highest BCUT2D eigenvalue weighted by atomic mass is 28.3. The van der Waals surface area contributed by atoms with E-state index in [1.165, 1.54) is 88.4 Å². The van der Waals surface area contributed by atoms with E-state index in [0.717, 1.165) is 0 Å². The number of benzene rings is 8. The normalized spacial score (nSPS) is 13.9. The minimum absolute atomic E-state index is 0.521. The number of aromatic nitrogens is 2. The van der Waals surface area contributed by atoms with Gasteiger partial charge in [-0.25, -0.2) is 0 Å². The van der Waals surface area contributed by atoms with Crippen LogP contribution in [-0.2, 0) is 5.41 Å². The fourth-order valence-electron chi connectivity index (χ4n) is 15.8. The van der Waals surface area contributed by atoms with Gasteiger partial charge in [-0.05, 0) is 115 Å². The van der Waals surface area contributed by atoms with Crippen molar-refractivity contribution >= 4 is 70.1 Å². The van der Waals surface area contributed by atoms with Crippen molar-refractivity contribution in [1.82, 2.24) is 9.13 Å². The third-order valence-electron chi connectivity index (χ3n) is 18.1. The zero-order valence-electron chi connectivity index (χ0n) is 44.2. The first-order valence-electron chi connectivity index (χ1n) is 26.7. The summed E-state index contributed by atoms with van der Waals surface area (Å²) in [6.07, 6.45) is 0. The van der Waals surface area contributed by atoms with E-state index >= 15 is 0 Å². The molecule has 2 heterocycles. The Morgan fingerprint density at radius 3 is 0.972 bits per heavy atom. The van der Waals surface area contributed by atoms with Crippen LogP contribution in [0.1, 0.15) is 105 Å². The first-order valence-corrected chi connectivity index (χ1v) is 31.1. The molecule has 0 unspecified atom stereocenters. The van der Waals surface area contributed by atoms with Gasteiger partial charge in [-0.3, -0.25) is 0 Å². The lowest BCUT2D eigenvalue weighted by Crippen LogP contribution is -2.55. The summed E-state index contributed by atoms with van der Waals surface area (Å²) >= 11 is 0. The minimum Gasteiger partial charge on any atom is -0.309 e. The fraction of sp³-hybridized carbons (Fsp3) is 0.284. The van der Waals surface area contributed by atoms with Gasteiger partial charge in [0.25, 0.3) is 0 Å². The Balaban J connectivity index is 1.07. The van der Waals surface area contributed by atoms with E-state index in [1.54, 1.807) is 10.4 Å². The van der Waals surface area contributed by atoms with Gasteiger partial charge in [-0.15, -0.1) is 0 Å². The highest BCUT2D eigenvalue weighted by molar-refractivity contribution is 6.95. The third kappa shape index (κ3) is 6.62. The average molecular weight is 961 g/mol. The molecule has 0 aliphatic heterocycles. The molecule has 2 nitrogen and oxygen atoms in total. The predicted molar refractivity (Wildman–Crippen MR) is 314 cm³/mol. The van der Waals surface area contributed by atoms with Crippen LogP contribution >= 0.6 is 0 Å². The monoisotopic (exact) mass is 961 g/mol. The largest absolute Gasteiger partial charge is 0.309 e. The Kier molecular flexibility index (Phi) is 11.6. The topological polar surface area (TPSA) is 9.86 Å². The van der Waals surface area contributed by atoms with Crippen molar-refractivity contribution in [1.29, 1.82) is 0 Å². The summed E-state index contributed by atoms with van der Waals surface area (Å²) in [5.41, 5.74) is 18.6. The Morgan fingerprint density at radius 1 is 0.310 bits per heavy atom. The van der Waals surface area contributed by atoms with E-state index in [2.05, 4.69) is 274 Å². The van der Waals surface area contributed by atoms with Crippen molar-refractivity contribution in [2.24, 2.45) is 0 Å². The molecular formula is C67H72N2Si2. The zero-order valence-corrected chi connectivity index (χ0v) is 46.2. The molecule has 1 aliphatic rings. The quantitative estimate of drug-likeness (QED) is 0.108. The fourth-order valence-corrected chi connectivity index (χ4v) is 29.3. The number of para-hydroxylation sites is 2. The molecule has 2 aromatic heterocycles. The van der Waals surface area contributed by atoms with E-state index in [9.17, 15) is 0 Å². The first kappa shape index (κ1) is 47.1. The van der Waals surface area contributed by atoms with Crippen LogP contribution in [0.5, 0.6) is 0 Å². The molecule has 0 fully saturated rings. The van der Waals surface area contributed by atoms with Crippen molar-refractivity contribution < 1.29 is 0 Å². The van der Waals surface area contributed by atoms with Gasteiger partial charge in [0.05, 0.1) is 43.6 Å². The smallest absolute Gasteiger partial charge is 0.0942 e. The second-order valence-corrected chi connectivity index (χ2v) is 34.7. The van der Waals surface area contributed by atoms with E-state index in [0.29, 0.717) is 33.2 Å². The molecule has 0 saturated carbocycles. The molecule has 11 rings (SSSR count). The van der Waals surface area contributed by atoms with Crippen LogP contribution in [0.2, 0.25) is 33.2 Å². The van der Waals surface area contributed by atoms with Gasteiger partial charge in [0, 0.05) is 32.9 Å². The highest BCUT2D eigenvalue weighted by Gasteiger charge is 2.47. The summed E-state index contributed by atoms with van der Waals surface area (Å²) < 4.78 is 5.01. The van der Waals surface area contributed by atoms with Crippen LogP contribution < -0.4 is 10.4 Å². The maximum atomic E-state index is 2.59. The van der Waals surface area contributed by atoms with Crippen molar-refractivity contribution in [3.63, 3.8) is 0 Å². The van der Waals surface area contributed by atoms with Gasteiger partial charge in [-0.1, -0.05) is 227 Å². The molecule has 0 atom stereocenters. The number of nitrogens with zero attached hydrogens (tertiary/aromatic N) is 2. The second kappa shape index (κ2) is 17.5. The maximum Gasteiger partial charge on any atom is 0.0942 e. The molecule has 0 radical (unpaired) electrons. The van der Waals surface area contributed by atoms with E-state index in [4.69, 9.17) is 0 Å². The molecule has 0 bridgehead atoms. The molecule has 0 amide bonds. The summed E-state index contributed by atoms with van der Waals surface area (Å²) in [4.78, 5) is 0. The summed E-state index contributed by atoms with van der Waals surface area (Å²) in [6.45, 7) is 29.7. The zero-order chi connectivity index (χ0) is 49.7. The first-order chi connectivity index (χ1) is 34.2.